The second-order valence-electron chi connectivity index (χ2n) is 9.06. The van der Waals surface area contributed by atoms with Gasteiger partial charge in [0.15, 0.2) is 0 Å². The lowest BCUT2D eigenvalue weighted by Gasteiger charge is -2.36. The molecule has 1 saturated heterocycles. The minimum atomic E-state index is -0.104. The molecule has 30 heavy (non-hydrogen) atoms. The maximum absolute atomic E-state index is 13.0. The Morgan fingerprint density at radius 3 is 2.80 bits per heavy atom. The molecule has 2 aliphatic heterocycles. The van der Waals surface area contributed by atoms with Crippen molar-refractivity contribution >= 4 is 5.91 Å². The number of amides is 1. The van der Waals surface area contributed by atoms with Gasteiger partial charge in [-0.1, -0.05) is 6.92 Å². The van der Waals surface area contributed by atoms with Crippen molar-refractivity contribution in [3.05, 3.63) is 57.5 Å². The zero-order valence-corrected chi connectivity index (χ0v) is 17.5. The molecule has 4 heterocycles. The normalized spacial score (nSPS) is 26.3. The predicted octanol–water partition coefficient (Wildman–Crippen LogP) is 2.43. The molecule has 5 rings (SSSR count). The average Bonchev–Trinajstić information content (AvgIpc) is 3.50. The van der Waals surface area contributed by atoms with Crippen LogP contribution in [-0.4, -0.2) is 43.7 Å². The van der Waals surface area contributed by atoms with Crippen molar-refractivity contribution in [3.63, 3.8) is 0 Å². The van der Waals surface area contributed by atoms with Crippen LogP contribution >= 0.6 is 0 Å². The first-order valence-corrected chi connectivity index (χ1v) is 11.1. The zero-order chi connectivity index (χ0) is 20.7. The minimum absolute atomic E-state index is 0.0312. The van der Waals surface area contributed by atoms with Crippen LogP contribution < -0.4 is 5.56 Å². The van der Waals surface area contributed by atoms with Crippen LogP contribution in [0, 0.1) is 11.8 Å². The number of aromatic amines is 1. The second-order valence-corrected chi connectivity index (χ2v) is 9.06. The molecular formula is C23H29N5O2. The highest BCUT2D eigenvalue weighted by Crippen LogP contribution is 2.42. The monoisotopic (exact) mass is 407 g/mol. The van der Waals surface area contributed by atoms with Crippen LogP contribution in [0.25, 0.3) is 0 Å². The Bertz CT molecular complexity index is 989. The summed E-state index contributed by atoms with van der Waals surface area (Å²) < 4.78 is 0. The molecule has 3 atom stereocenters. The van der Waals surface area contributed by atoms with Gasteiger partial charge in [0, 0.05) is 50.1 Å². The molecular weight excluding hydrogens is 378 g/mol. The maximum atomic E-state index is 13.0. The van der Waals surface area contributed by atoms with E-state index < -0.39 is 0 Å². The third kappa shape index (κ3) is 3.78. The minimum Gasteiger partial charge on any atom is -0.332 e. The largest absolute Gasteiger partial charge is 0.332 e. The van der Waals surface area contributed by atoms with Crippen molar-refractivity contribution in [2.24, 2.45) is 11.8 Å². The number of H-pyrrole nitrogens is 1. The molecule has 2 aromatic rings. The molecule has 7 nitrogen and oxygen atoms in total. The first kappa shape index (κ1) is 19.4. The zero-order valence-electron chi connectivity index (χ0n) is 17.5. The average molecular weight is 408 g/mol. The molecule has 158 valence electrons. The van der Waals surface area contributed by atoms with E-state index in [1.165, 1.54) is 5.56 Å². The van der Waals surface area contributed by atoms with Crippen molar-refractivity contribution in [3.8, 4) is 0 Å². The van der Waals surface area contributed by atoms with Crippen molar-refractivity contribution in [2.45, 2.75) is 58.2 Å². The van der Waals surface area contributed by atoms with Gasteiger partial charge in [0.25, 0.3) is 5.56 Å². The second kappa shape index (κ2) is 7.95. The number of hydrogen-bond acceptors (Lipinski definition) is 5. The number of piperidine rings is 1. The van der Waals surface area contributed by atoms with Crippen LogP contribution in [0.1, 0.15) is 61.3 Å². The van der Waals surface area contributed by atoms with E-state index in [0.29, 0.717) is 24.7 Å². The van der Waals surface area contributed by atoms with E-state index >= 15 is 0 Å². The van der Waals surface area contributed by atoms with Gasteiger partial charge in [0.1, 0.15) is 5.82 Å². The van der Waals surface area contributed by atoms with Crippen molar-refractivity contribution < 1.29 is 4.79 Å². The Morgan fingerprint density at radius 2 is 2.03 bits per heavy atom. The maximum Gasteiger partial charge on any atom is 0.254 e. The number of pyridine rings is 1. The van der Waals surface area contributed by atoms with Gasteiger partial charge in [0.05, 0.1) is 11.7 Å². The fourth-order valence-corrected chi connectivity index (χ4v) is 4.91. The number of aromatic nitrogens is 3. The summed E-state index contributed by atoms with van der Waals surface area (Å²) in [5.41, 5.74) is 2.85. The standard InChI is InChI=1S/C23H29N5O2/c1-15-12-18(15)23(30)28-10-3-2-4-20(28)21-25-19-14-27(11-7-17(19)22(29)26-21)13-16-5-8-24-9-6-16/h5-6,8-9,15,18,20H,2-4,7,10-14H2,1H3,(H,25,26,29)/t15-,18+,20-/m1/s1. The molecule has 0 bridgehead atoms. The quantitative estimate of drug-likeness (QED) is 0.842. The smallest absolute Gasteiger partial charge is 0.254 e. The molecule has 3 aliphatic rings. The van der Waals surface area contributed by atoms with Crippen LogP contribution in [0.3, 0.4) is 0 Å². The Balaban J connectivity index is 1.39. The van der Waals surface area contributed by atoms with Gasteiger partial charge in [-0.15, -0.1) is 0 Å². The first-order chi connectivity index (χ1) is 14.6. The van der Waals surface area contributed by atoms with Crippen molar-refractivity contribution in [2.75, 3.05) is 13.1 Å². The fraction of sp³-hybridized carbons (Fsp3) is 0.565. The van der Waals surface area contributed by atoms with Crippen LogP contribution in [-0.2, 0) is 24.3 Å². The Morgan fingerprint density at radius 1 is 1.23 bits per heavy atom. The lowest BCUT2D eigenvalue weighted by Crippen LogP contribution is -2.42. The van der Waals surface area contributed by atoms with E-state index in [9.17, 15) is 9.59 Å². The molecule has 0 spiro atoms. The van der Waals surface area contributed by atoms with Gasteiger partial charge < -0.3 is 9.88 Å². The third-order valence-corrected chi connectivity index (χ3v) is 6.85. The number of carbonyl (C=O) groups is 1. The van der Waals surface area contributed by atoms with Gasteiger partial charge in [-0.2, -0.15) is 0 Å². The SMILES string of the molecule is C[C@@H]1C[C@@H]1C(=O)N1CCCC[C@@H]1c1nc2c(c(=O)[nH]1)CCN(Cc1ccncc1)C2. The number of nitrogens with zero attached hydrogens (tertiary/aromatic N) is 4. The number of fused-ring (bicyclic) bond motifs is 1. The van der Waals surface area contributed by atoms with E-state index in [2.05, 4.69) is 21.8 Å². The number of nitrogens with one attached hydrogen (secondary N) is 1. The molecule has 7 heteroatoms. The van der Waals surface area contributed by atoms with Crippen molar-refractivity contribution in [1.82, 2.24) is 24.8 Å². The number of likely N-dealkylation sites (tertiary alicyclic amines) is 1. The van der Waals surface area contributed by atoms with E-state index in [4.69, 9.17) is 4.98 Å². The Hall–Kier alpha value is -2.54. The van der Waals surface area contributed by atoms with E-state index in [0.717, 1.165) is 56.6 Å². The molecule has 1 saturated carbocycles. The summed E-state index contributed by atoms with van der Waals surface area (Å²) in [6.45, 7) is 5.22. The summed E-state index contributed by atoms with van der Waals surface area (Å²) in [6, 6.07) is 3.94. The van der Waals surface area contributed by atoms with Crippen LogP contribution in [0.4, 0.5) is 0 Å². The summed E-state index contributed by atoms with van der Waals surface area (Å²) >= 11 is 0. The topological polar surface area (TPSA) is 82.2 Å². The third-order valence-electron chi connectivity index (χ3n) is 6.85. The highest BCUT2D eigenvalue weighted by atomic mass is 16.2. The van der Waals surface area contributed by atoms with Gasteiger partial charge in [0.2, 0.25) is 5.91 Å². The van der Waals surface area contributed by atoms with Crippen LogP contribution in [0.5, 0.6) is 0 Å². The molecule has 1 N–H and O–H groups in total. The summed E-state index contributed by atoms with van der Waals surface area (Å²) in [7, 11) is 0. The summed E-state index contributed by atoms with van der Waals surface area (Å²) in [5.74, 6) is 1.56. The highest BCUT2D eigenvalue weighted by Gasteiger charge is 2.44. The number of carbonyl (C=O) groups excluding carboxylic acids is 1. The molecule has 1 amide bonds. The molecule has 0 unspecified atom stereocenters. The van der Waals surface area contributed by atoms with Crippen molar-refractivity contribution in [1.29, 1.82) is 0 Å². The molecule has 0 aromatic carbocycles. The highest BCUT2D eigenvalue weighted by molar-refractivity contribution is 5.82. The number of hydrogen-bond donors (Lipinski definition) is 1. The Kier molecular flexibility index (Phi) is 5.15. The summed E-state index contributed by atoms with van der Waals surface area (Å²) in [6.07, 6.45) is 8.26. The van der Waals surface area contributed by atoms with E-state index in [-0.39, 0.29) is 23.4 Å². The van der Waals surface area contributed by atoms with E-state index in [1.807, 2.05) is 29.4 Å². The lowest BCUT2D eigenvalue weighted by molar-refractivity contribution is -0.137. The summed E-state index contributed by atoms with van der Waals surface area (Å²) in [5, 5.41) is 0. The molecule has 2 fully saturated rings. The summed E-state index contributed by atoms with van der Waals surface area (Å²) in [4.78, 5) is 42.2. The predicted molar refractivity (Wildman–Crippen MR) is 112 cm³/mol. The number of rotatable bonds is 4. The molecule has 1 aliphatic carbocycles. The molecule has 0 radical (unpaired) electrons. The Labute approximate surface area is 176 Å². The molecule has 2 aromatic heterocycles. The van der Waals surface area contributed by atoms with Gasteiger partial charge in [-0.3, -0.25) is 19.5 Å². The van der Waals surface area contributed by atoms with Gasteiger partial charge in [-0.05, 0) is 55.7 Å². The van der Waals surface area contributed by atoms with Crippen LogP contribution in [0.15, 0.2) is 29.3 Å². The fourth-order valence-electron chi connectivity index (χ4n) is 4.91. The van der Waals surface area contributed by atoms with E-state index in [1.54, 1.807) is 0 Å². The van der Waals surface area contributed by atoms with Gasteiger partial charge in [-0.25, -0.2) is 4.98 Å². The van der Waals surface area contributed by atoms with Crippen LogP contribution in [0.2, 0.25) is 0 Å². The van der Waals surface area contributed by atoms with Gasteiger partial charge >= 0.3 is 0 Å². The lowest BCUT2D eigenvalue weighted by atomic mass is 9.99. The first-order valence-electron chi connectivity index (χ1n) is 11.1.